The Morgan fingerprint density at radius 2 is 1.46 bits per heavy atom. The summed E-state index contributed by atoms with van der Waals surface area (Å²) in [7, 11) is 0. The number of carbonyl (C=O) groups excluding carboxylic acids is 1. The Kier molecular flexibility index (Phi) is 5.74. The Balaban J connectivity index is 1.40. The van der Waals surface area contributed by atoms with E-state index >= 15 is 0 Å². The van der Waals surface area contributed by atoms with Crippen LogP contribution in [0.5, 0.6) is 0 Å². The van der Waals surface area contributed by atoms with E-state index < -0.39 is 0 Å². The molecule has 0 saturated carbocycles. The van der Waals surface area contributed by atoms with Gasteiger partial charge >= 0.3 is 0 Å². The van der Waals surface area contributed by atoms with Crippen LogP contribution in [0.4, 0.5) is 15.9 Å². The van der Waals surface area contributed by atoms with Crippen LogP contribution >= 0.6 is 0 Å². The molecule has 1 aromatic heterocycles. The average molecular weight is 382 g/mol. The zero-order chi connectivity index (χ0) is 19.3. The average Bonchev–Trinajstić information content (AvgIpc) is 3.04. The van der Waals surface area contributed by atoms with Gasteiger partial charge in [-0.25, -0.2) is 9.37 Å². The summed E-state index contributed by atoms with van der Waals surface area (Å²) in [5, 5.41) is 0. The van der Waals surface area contributed by atoms with Crippen LogP contribution in [0.1, 0.15) is 36.0 Å². The largest absolute Gasteiger partial charge is 0.368 e. The summed E-state index contributed by atoms with van der Waals surface area (Å²) in [6.07, 6.45) is 6.35. The van der Waals surface area contributed by atoms with Crippen LogP contribution in [0.3, 0.4) is 0 Å². The van der Waals surface area contributed by atoms with Crippen LogP contribution in [0.15, 0.2) is 42.6 Å². The molecule has 0 spiro atoms. The Labute approximate surface area is 165 Å². The third-order valence-electron chi connectivity index (χ3n) is 5.68. The molecule has 2 aliphatic rings. The second kappa shape index (κ2) is 8.59. The summed E-state index contributed by atoms with van der Waals surface area (Å²) in [5.41, 5.74) is 1.77. The van der Waals surface area contributed by atoms with Crippen LogP contribution in [0.2, 0.25) is 0 Å². The first kappa shape index (κ1) is 18.7. The van der Waals surface area contributed by atoms with Crippen molar-refractivity contribution in [2.24, 2.45) is 0 Å². The van der Waals surface area contributed by atoms with Crippen molar-refractivity contribution in [1.82, 2.24) is 9.88 Å². The minimum absolute atomic E-state index is 0.121. The second-order valence-corrected chi connectivity index (χ2v) is 7.56. The van der Waals surface area contributed by atoms with Gasteiger partial charge in [-0.1, -0.05) is 12.8 Å². The van der Waals surface area contributed by atoms with Gasteiger partial charge in [0.15, 0.2) is 0 Å². The number of piperazine rings is 1. The summed E-state index contributed by atoms with van der Waals surface area (Å²) in [4.78, 5) is 23.9. The maximum Gasteiger partial charge on any atom is 0.254 e. The van der Waals surface area contributed by atoms with Gasteiger partial charge in [0.1, 0.15) is 11.6 Å². The maximum absolute atomic E-state index is 13.1. The van der Waals surface area contributed by atoms with Crippen LogP contribution < -0.4 is 9.80 Å². The van der Waals surface area contributed by atoms with Crippen LogP contribution in [-0.2, 0) is 0 Å². The van der Waals surface area contributed by atoms with E-state index in [0.717, 1.165) is 69.2 Å². The number of pyridine rings is 1. The number of carbonyl (C=O) groups is 1. The minimum atomic E-state index is -0.211. The number of benzene rings is 1. The van der Waals surface area contributed by atoms with Gasteiger partial charge in [-0.05, 0) is 49.2 Å². The van der Waals surface area contributed by atoms with E-state index in [4.69, 9.17) is 0 Å². The van der Waals surface area contributed by atoms with Gasteiger partial charge in [-0.2, -0.15) is 0 Å². The maximum atomic E-state index is 13.1. The Hall–Kier alpha value is -2.63. The number of halogens is 1. The van der Waals surface area contributed by atoms with Gasteiger partial charge in [0.2, 0.25) is 0 Å². The molecule has 2 fully saturated rings. The third-order valence-corrected chi connectivity index (χ3v) is 5.68. The smallest absolute Gasteiger partial charge is 0.254 e. The lowest BCUT2D eigenvalue weighted by Crippen LogP contribution is -2.46. The number of nitrogens with zero attached hydrogens (tertiary/aromatic N) is 4. The molecular formula is C22H27FN4O. The van der Waals surface area contributed by atoms with E-state index in [-0.39, 0.29) is 11.7 Å². The Morgan fingerprint density at radius 1 is 0.821 bits per heavy atom. The number of aromatic nitrogens is 1. The normalized spacial score (nSPS) is 18.1. The molecule has 0 N–H and O–H groups in total. The monoisotopic (exact) mass is 382 g/mol. The van der Waals surface area contributed by atoms with Crippen molar-refractivity contribution in [3.63, 3.8) is 0 Å². The second-order valence-electron chi connectivity index (χ2n) is 7.56. The third kappa shape index (κ3) is 4.26. The molecule has 28 heavy (non-hydrogen) atoms. The molecule has 0 aliphatic carbocycles. The van der Waals surface area contributed by atoms with E-state index in [2.05, 4.69) is 14.8 Å². The van der Waals surface area contributed by atoms with Gasteiger partial charge in [0.05, 0.1) is 0 Å². The summed E-state index contributed by atoms with van der Waals surface area (Å²) < 4.78 is 13.1. The van der Waals surface area contributed by atoms with Crippen LogP contribution in [-0.4, -0.2) is 55.1 Å². The summed E-state index contributed by atoms with van der Waals surface area (Å²) >= 11 is 0. The van der Waals surface area contributed by atoms with Crippen molar-refractivity contribution in [2.75, 3.05) is 49.1 Å². The number of likely N-dealkylation sites (tertiary alicyclic amines) is 1. The Bertz CT molecular complexity index is 794. The summed E-state index contributed by atoms with van der Waals surface area (Å²) in [6, 6.07) is 10.4. The molecule has 1 aromatic carbocycles. The quantitative estimate of drug-likeness (QED) is 0.814. The van der Waals surface area contributed by atoms with Gasteiger partial charge in [0.25, 0.3) is 5.91 Å². The molecule has 3 heterocycles. The molecule has 148 valence electrons. The number of amides is 1. The molecule has 5 nitrogen and oxygen atoms in total. The molecule has 0 bridgehead atoms. The van der Waals surface area contributed by atoms with Gasteiger partial charge in [-0.3, -0.25) is 4.79 Å². The molecule has 2 aliphatic heterocycles. The van der Waals surface area contributed by atoms with Crippen molar-refractivity contribution in [3.05, 3.63) is 54.0 Å². The molecule has 0 radical (unpaired) electrons. The number of anilines is 2. The van der Waals surface area contributed by atoms with Crippen molar-refractivity contribution in [1.29, 1.82) is 0 Å². The first-order valence-electron chi connectivity index (χ1n) is 10.2. The van der Waals surface area contributed by atoms with E-state index in [1.807, 2.05) is 29.2 Å². The van der Waals surface area contributed by atoms with Gasteiger partial charge in [0, 0.05) is 56.7 Å². The molecule has 2 aromatic rings. The number of rotatable bonds is 3. The molecule has 6 heteroatoms. The first-order valence-corrected chi connectivity index (χ1v) is 10.2. The minimum Gasteiger partial charge on any atom is -0.368 e. The lowest BCUT2D eigenvalue weighted by Gasteiger charge is -2.36. The topological polar surface area (TPSA) is 39.7 Å². The van der Waals surface area contributed by atoms with Gasteiger partial charge < -0.3 is 14.7 Å². The summed E-state index contributed by atoms with van der Waals surface area (Å²) in [6.45, 7) is 5.05. The SMILES string of the molecule is O=C(c1ccnc(N2CCN(c3ccc(F)cc3)CC2)c1)N1CCCCCC1. The van der Waals surface area contributed by atoms with Gasteiger partial charge in [-0.15, -0.1) is 0 Å². The molecule has 1 amide bonds. The molecule has 0 atom stereocenters. The van der Waals surface area contributed by atoms with E-state index in [9.17, 15) is 9.18 Å². The molecule has 2 saturated heterocycles. The fraction of sp³-hybridized carbons (Fsp3) is 0.455. The highest BCUT2D eigenvalue weighted by Gasteiger charge is 2.21. The van der Waals surface area contributed by atoms with E-state index in [1.165, 1.54) is 25.0 Å². The zero-order valence-corrected chi connectivity index (χ0v) is 16.2. The van der Waals surface area contributed by atoms with Crippen LogP contribution in [0, 0.1) is 5.82 Å². The molecular weight excluding hydrogens is 355 g/mol. The lowest BCUT2D eigenvalue weighted by molar-refractivity contribution is 0.0761. The summed E-state index contributed by atoms with van der Waals surface area (Å²) in [5.74, 6) is 0.771. The van der Waals surface area contributed by atoms with Crippen molar-refractivity contribution < 1.29 is 9.18 Å². The predicted molar refractivity (Wildman–Crippen MR) is 109 cm³/mol. The van der Waals surface area contributed by atoms with Crippen molar-refractivity contribution >= 4 is 17.4 Å². The van der Waals surface area contributed by atoms with Crippen molar-refractivity contribution in [3.8, 4) is 0 Å². The highest BCUT2D eigenvalue weighted by molar-refractivity contribution is 5.94. The standard InChI is InChI=1S/C22H27FN4O/c23-19-5-7-20(8-6-19)25-13-15-26(16-14-25)21-17-18(9-10-24-21)22(28)27-11-3-1-2-4-12-27/h5-10,17H,1-4,11-16H2. The van der Waals surface area contributed by atoms with Crippen LogP contribution in [0.25, 0.3) is 0 Å². The fourth-order valence-corrected chi connectivity index (χ4v) is 4.03. The Morgan fingerprint density at radius 3 is 2.14 bits per heavy atom. The molecule has 4 rings (SSSR count). The highest BCUT2D eigenvalue weighted by atomic mass is 19.1. The molecule has 0 unspecified atom stereocenters. The van der Waals surface area contributed by atoms with E-state index in [1.54, 1.807) is 6.20 Å². The number of hydrogen-bond acceptors (Lipinski definition) is 4. The van der Waals surface area contributed by atoms with E-state index in [0.29, 0.717) is 0 Å². The first-order chi connectivity index (χ1) is 13.7. The predicted octanol–water partition coefficient (Wildman–Crippen LogP) is 3.56. The number of hydrogen-bond donors (Lipinski definition) is 0. The lowest BCUT2D eigenvalue weighted by atomic mass is 10.2. The zero-order valence-electron chi connectivity index (χ0n) is 16.2. The fourth-order valence-electron chi connectivity index (χ4n) is 4.03. The highest BCUT2D eigenvalue weighted by Crippen LogP contribution is 2.21. The van der Waals surface area contributed by atoms with Crippen molar-refractivity contribution in [2.45, 2.75) is 25.7 Å².